The van der Waals surface area contributed by atoms with E-state index in [-0.39, 0.29) is 4.90 Å². The predicted molar refractivity (Wildman–Crippen MR) is 81.1 cm³/mol. The summed E-state index contributed by atoms with van der Waals surface area (Å²) in [6, 6.07) is 13.0. The molecule has 0 amide bonds. The van der Waals surface area contributed by atoms with Crippen molar-refractivity contribution in [2.75, 3.05) is 5.32 Å². The summed E-state index contributed by atoms with van der Waals surface area (Å²) >= 11 is 3.34. The van der Waals surface area contributed by atoms with Crippen LogP contribution in [0.4, 0.5) is 14.5 Å². The molecular weight excluding hydrogens is 364 g/mol. The zero-order valence-corrected chi connectivity index (χ0v) is 13.2. The second-order valence-corrected chi connectivity index (χ2v) is 7.14. The van der Waals surface area contributed by atoms with Crippen molar-refractivity contribution in [1.82, 2.24) is 0 Å². The molecule has 7 heteroatoms. The molecule has 0 aromatic heterocycles. The van der Waals surface area contributed by atoms with Gasteiger partial charge in [-0.2, -0.15) is 8.78 Å². The smallest absolute Gasteiger partial charge is 0.341 e. The summed E-state index contributed by atoms with van der Waals surface area (Å²) in [5.41, 5.74) is 1.70. The van der Waals surface area contributed by atoms with Gasteiger partial charge in [0.15, 0.2) is 0 Å². The average molecular weight is 376 g/mol. The van der Waals surface area contributed by atoms with Gasteiger partial charge in [-0.15, -0.1) is 0 Å². The molecule has 0 saturated carbocycles. The molecule has 0 saturated heterocycles. The molecule has 0 unspecified atom stereocenters. The van der Waals surface area contributed by atoms with E-state index in [0.29, 0.717) is 12.2 Å². The van der Waals surface area contributed by atoms with Crippen LogP contribution in [-0.2, 0) is 16.4 Å². The summed E-state index contributed by atoms with van der Waals surface area (Å²) in [5, 5.41) is 3.09. The van der Waals surface area contributed by atoms with Crippen LogP contribution in [0.25, 0.3) is 0 Å². The SMILES string of the molecule is O=S(=O)(c1ccc(NCc2ccc(Br)cc2)cc1)C(F)F. The first-order valence-electron chi connectivity index (χ1n) is 6.00. The third kappa shape index (κ3) is 4.01. The molecule has 0 aliphatic heterocycles. The van der Waals surface area contributed by atoms with Crippen molar-refractivity contribution in [3.8, 4) is 0 Å². The molecule has 0 aliphatic rings. The quantitative estimate of drug-likeness (QED) is 0.856. The number of hydrogen-bond donors (Lipinski definition) is 1. The Bertz CT molecular complexity index is 701. The van der Waals surface area contributed by atoms with Crippen molar-refractivity contribution in [3.05, 3.63) is 58.6 Å². The lowest BCUT2D eigenvalue weighted by Gasteiger charge is -2.08. The highest BCUT2D eigenvalue weighted by Crippen LogP contribution is 2.20. The maximum Gasteiger partial charge on any atom is 0.341 e. The fourth-order valence-corrected chi connectivity index (χ4v) is 2.66. The molecule has 0 radical (unpaired) electrons. The molecule has 21 heavy (non-hydrogen) atoms. The van der Waals surface area contributed by atoms with Crippen molar-refractivity contribution in [2.24, 2.45) is 0 Å². The lowest BCUT2D eigenvalue weighted by molar-refractivity contribution is 0.234. The van der Waals surface area contributed by atoms with Gasteiger partial charge >= 0.3 is 5.76 Å². The van der Waals surface area contributed by atoms with Crippen LogP contribution in [0, 0.1) is 0 Å². The third-order valence-electron chi connectivity index (χ3n) is 2.83. The molecule has 0 fully saturated rings. The molecule has 0 atom stereocenters. The van der Waals surface area contributed by atoms with Gasteiger partial charge in [0, 0.05) is 16.7 Å². The number of hydrogen-bond acceptors (Lipinski definition) is 3. The predicted octanol–water partition coefficient (Wildman–Crippen LogP) is 4.06. The Hall–Kier alpha value is -1.47. The van der Waals surface area contributed by atoms with Crippen LogP contribution in [0.2, 0.25) is 0 Å². The molecule has 0 spiro atoms. The van der Waals surface area contributed by atoms with E-state index in [1.165, 1.54) is 24.3 Å². The standard InChI is InChI=1S/C14H12BrF2NO2S/c15-11-3-1-10(2-4-11)9-18-12-5-7-13(8-6-12)21(19,20)14(16)17/h1-8,14,18H,9H2. The van der Waals surface area contributed by atoms with E-state index in [9.17, 15) is 17.2 Å². The third-order valence-corrected chi connectivity index (χ3v) is 4.75. The van der Waals surface area contributed by atoms with Crippen LogP contribution in [0.3, 0.4) is 0 Å². The Morgan fingerprint density at radius 2 is 1.57 bits per heavy atom. The molecule has 1 N–H and O–H groups in total. The summed E-state index contributed by atoms with van der Waals surface area (Å²) in [7, 11) is -4.53. The lowest BCUT2D eigenvalue weighted by atomic mass is 10.2. The molecular formula is C14H12BrF2NO2S. The van der Waals surface area contributed by atoms with E-state index < -0.39 is 15.6 Å². The highest BCUT2D eigenvalue weighted by molar-refractivity contribution is 9.10. The summed E-state index contributed by atoms with van der Waals surface area (Å²) < 4.78 is 48.3. The minimum absolute atomic E-state index is 0.383. The zero-order chi connectivity index (χ0) is 15.5. The van der Waals surface area contributed by atoms with Crippen molar-refractivity contribution in [1.29, 1.82) is 0 Å². The van der Waals surface area contributed by atoms with Crippen LogP contribution in [-0.4, -0.2) is 14.2 Å². The minimum atomic E-state index is -4.53. The summed E-state index contributed by atoms with van der Waals surface area (Å²) in [6.45, 7) is 0.550. The maximum atomic E-state index is 12.4. The van der Waals surface area contributed by atoms with Crippen LogP contribution in [0.1, 0.15) is 5.56 Å². The van der Waals surface area contributed by atoms with Crippen molar-refractivity contribution in [2.45, 2.75) is 17.2 Å². The highest BCUT2D eigenvalue weighted by Gasteiger charge is 2.26. The molecule has 2 aromatic carbocycles. The first-order chi connectivity index (χ1) is 9.89. The molecule has 3 nitrogen and oxygen atoms in total. The topological polar surface area (TPSA) is 46.2 Å². The van der Waals surface area contributed by atoms with E-state index in [4.69, 9.17) is 0 Å². The van der Waals surface area contributed by atoms with Gasteiger partial charge < -0.3 is 5.32 Å². The Labute approximate surface area is 130 Å². The van der Waals surface area contributed by atoms with Crippen molar-refractivity contribution >= 4 is 31.5 Å². The van der Waals surface area contributed by atoms with Gasteiger partial charge in [-0.3, -0.25) is 0 Å². The minimum Gasteiger partial charge on any atom is -0.381 e. The van der Waals surface area contributed by atoms with Gasteiger partial charge in [-0.05, 0) is 42.0 Å². The van der Waals surface area contributed by atoms with Gasteiger partial charge in [0.25, 0.3) is 0 Å². The fourth-order valence-electron chi connectivity index (χ4n) is 1.67. The van der Waals surface area contributed by atoms with Crippen LogP contribution in [0.15, 0.2) is 57.9 Å². The number of halogens is 3. The fraction of sp³-hybridized carbons (Fsp3) is 0.143. The summed E-state index contributed by atoms with van der Waals surface area (Å²) in [4.78, 5) is -0.383. The van der Waals surface area contributed by atoms with Crippen LogP contribution >= 0.6 is 15.9 Å². The summed E-state index contributed by atoms with van der Waals surface area (Å²) in [6.07, 6.45) is 0. The van der Waals surface area contributed by atoms with E-state index in [2.05, 4.69) is 21.2 Å². The second-order valence-electron chi connectivity index (χ2n) is 4.31. The van der Waals surface area contributed by atoms with Crippen LogP contribution < -0.4 is 5.32 Å². The van der Waals surface area contributed by atoms with Gasteiger partial charge in [0.2, 0.25) is 9.84 Å². The molecule has 2 rings (SSSR count). The lowest BCUT2D eigenvalue weighted by Crippen LogP contribution is -2.11. The van der Waals surface area contributed by atoms with E-state index >= 15 is 0 Å². The first-order valence-corrected chi connectivity index (χ1v) is 8.34. The van der Waals surface area contributed by atoms with E-state index in [0.717, 1.165) is 10.0 Å². The molecule has 2 aromatic rings. The number of benzene rings is 2. The van der Waals surface area contributed by atoms with Crippen molar-refractivity contribution < 1.29 is 17.2 Å². The summed E-state index contributed by atoms with van der Waals surface area (Å²) in [5.74, 6) is -3.40. The first kappa shape index (κ1) is 15.9. The van der Waals surface area contributed by atoms with Gasteiger partial charge in [0.1, 0.15) is 0 Å². The van der Waals surface area contributed by atoms with Gasteiger partial charge in [-0.25, -0.2) is 8.42 Å². The van der Waals surface area contributed by atoms with Crippen LogP contribution in [0.5, 0.6) is 0 Å². The molecule has 0 bridgehead atoms. The number of sulfone groups is 1. The molecule has 112 valence electrons. The van der Waals surface area contributed by atoms with E-state index in [1.54, 1.807) is 0 Å². The largest absolute Gasteiger partial charge is 0.381 e. The van der Waals surface area contributed by atoms with Gasteiger partial charge in [0.05, 0.1) is 4.90 Å². The normalized spacial score (nSPS) is 11.6. The number of anilines is 1. The maximum absolute atomic E-state index is 12.4. The Morgan fingerprint density at radius 1 is 1.00 bits per heavy atom. The Balaban J connectivity index is 2.05. The zero-order valence-electron chi connectivity index (χ0n) is 10.8. The van der Waals surface area contributed by atoms with Gasteiger partial charge in [-0.1, -0.05) is 28.1 Å². The van der Waals surface area contributed by atoms with Crippen molar-refractivity contribution in [3.63, 3.8) is 0 Å². The average Bonchev–Trinajstić information content (AvgIpc) is 2.47. The number of alkyl halides is 2. The monoisotopic (exact) mass is 375 g/mol. The molecule has 0 aliphatic carbocycles. The number of rotatable bonds is 5. The highest BCUT2D eigenvalue weighted by atomic mass is 79.9. The Kier molecular flexibility index (Phi) is 4.95. The second kappa shape index (κ2) is 6.53. The number of nitrogens with one attached hydrogen (secondary N) is 1. The Morgan fingerprint density at radius 3 is 2.10 bits per heavy atom. The molecule has 0 heterocycles. The van der Waals surface area contributed by atoms with E-state index in [1.807, 2.05) is 24.3 Å².